The van der Waals surface area contributed by atoms with Gasteiger partial charge in [-0.15, -0.1) is 0 Å². The van der Waals surface area contributed by atoms with Gasteiger partial charge in [0.1, 0.15) is 5.82 Å². The molecule has 2 aromatic rings. The summed E-state index contributed by atoms with van der Waals surface area (Å²) in [5.74, 6) is 0.0135. The molecule has 0 N–H and O–H groups in total. The molecule has 2 amide bonds. The molecule has 140 valence electrons. The first-order valence-corrected chi connectivity index (χ1v) is 8.84. The van der Waals surface area contributed by atoms with E-state index in [9.17, 15) is 14.0 Å². The van der Waals surface area contributed by atoms with Gasteiger partial charge in [0.15, 0.2) is 11.5 Å². The van der Waals surface area contributed by atoms with E-state index >= 15 is 0 Å². The van der Waals surface area contributed by atoms with Gasteiger partial charge in [-0.05, 0) is 30.3 Å². The minimum atomic E-state index is -0.450. The van der Waals surface area contributed by atoms with E-state index in [1.165, 1.54) is 18.2 Å². The molecule has 0 unspecified atom stereocenters. The molecule has 2 aromatic carbocycles. The third kappa shape index (κ3) is 3.42. The molecule has 0 saturated carbocycles. The Labute approximate surface area is 160 Å². The second kappa shape index (κ2) is 7.08. The number of hydrogen-bond donors (Lipinski definition) is 0. The normalized spacial score (nSPS) is 15.8. The van der Waals surface area contributed by atoms with E-state index in [-0.39, 0.29) is 18.6 Å². The smallest absolute Gasteiger partial charge is 0.254 e. The maximum absolute atomic E-state index is 13.3. The highest BCUT2D eigenvalue weighted by atomic mass is 35.5. The number of fused-ring (bicyclic) bond motifs is 1. The minimum Gasteiger partial charge on any atom is -0.454 e. The van der Waals surface area contributed by atoms with Crippen molar-refractivity contribution in [1.82, 2.24) is 9.80 Å². The van der Waals surface area contributed by atoms with Gasteiger partial charge < -0.3 is 19.3 Å². The van der Waals surface area contributed by atoms with Crippen LogP contribution in [0.25, 0.3) is 0 Å². The third-order valence-corrected chi connectivity index (χ3v) is 4.88. The number of carbonyl (C=O) groups excluding carboxylic acids is 2. The maximum Gasteiger partial charge on any atom is 0.254 e. The minimum absolute atomic E-state index is 0.0769. The van der Waals surface area contributed by atoms with Crippen molar-refractivity contribution in [2.75, 3.05) is 33.0 Å². The second-order valence-electron chi connectivity index (χ2n) is 6.29. The fraction of sp³-hybridized carbons (Fsp3) is 0.263. The number of piperazine rings is 1. The summed E-state index contributed by atoms with van der Waals surface area (Å²) in [7, 11) is 0. The molecule has 8 heteroatoms. The van der Waals surface area contributed by atoms with Crippen molar-refractivity contribution < 1.29 is 23.5 Å². The van der Waals surface area contributed by atoms with Gasteiger partial charge in [-0.25, -0.2) is 4.39 Å². The standard InChI is InChI=1S/C19H16ClFN2O4/c20-15-9-13(10-16-17(15)27-11-26-16)19(25)23-6-4-22(5-7-23)18(24)12-2-1-3-14(21)8-12/h1-3,8-10H,4-7,11H2. The molecule has 4 rings (SSSR count). The first-order valence-electron chi connectivity index (χ1n) is 8.46. The number of rotatable bonds is 2. The predicted molar refractivity (Wildman–Crippen MR) is 95.8 cm³/mol. The van der Waals surface area contributed by atoms with Crippen LogP contribution >= 0.6 is 11.6 Å². The summed E-state index contributed by atoms with van der Waals surface area (Å²) in [5, 5.41) is 0.327. The van der Waals surface area contributed by atoms with Crippen LogP contribution in [0.5, 0.6) is 11.5 Å². The fourth-order valence-electron chi connectivity index (χ4n) is 3.19. The van der Waals surface area contributed by atoms with E-state index in [1.54, 1.807) is 28.0 Å². The number of carbonyl (C=O) groups is 2. The fourth-order valence-corrected chi connectivity index (χ4v) is 3.46. The van der Waals surface area contributed by atoms with Gasteiger partial charge in [-0.1, -0.05) is 17.7 Å². The Kier molecular flexibility index (Phi) is 4.61. The number of amides is 2. The lowest BCUT2D eigenvalue weighted by Crippen LogP contribution is -2.50. The monoisotopic (exact) mass is 390 g/mol. The summed E-state index contributed by atoms with van der Waals surface area (Å²) in [6.07, 6.45) is 0. The lowest BCUT2D eigenvalue weighted by Gasteiger charge is -2.35. The van der Waals surface area contributed by atoms with Crippen LogP contribution in [0.15, 0.2) is 36.4 Å². The Bertz CT molecular complexity index is 913. The van der Waals surface area contributed by atoms with Crippen LogP contribution in [-0.4, -0.2) is 54.6 Å². The van der Waals surface area contributed by atoms with Gasteiger partial charge in [0.25, 0.3) is 11.8 Å². The quantitative estimate of drug-likeness (QED) is 0.791. The van der Waals surface area contributed by atoms with Gasteiger partial charge >= 0.3 is 0 Å². The van der Waals surface area contributed by atoms with Crippen molar-refractivity contribution in [3.63, 3.8) is 0 Å². The Hall–Kier alpha value is -2.80. The summed E-state index contributed by atoms with van der Waals surface area (Å²) in [4.78, 5) is 28.5. The number of nitrogens with zero attached hydrogens (tertiary/aromatic N) is 2. The molecular weight excluding hydrogens is 375 g/mol. The van der Waals surface area contributed by atoms with E-state index in [1.807, 2.05) is 0 Å². The lowest BCUT2D eigenvalue weighted by molar-refractivity contribution is 0.0535. The Morgan fingerprint density at radius 2 is 1.59 bits per heavy atom. The lowest BCUT2D eigenvalue weighted by atomic mass is 10.1. The van der Waals surface area contributed by atoms with Crippen LogP contribution < -0.4 is 9.47 Å². The van der Waals surface area contributed by atoms with Crippen LogP contribution in [0, 0.1) is 5.82 Å². The van der Waals surface area contributed by atoms with Crippen molar-refractivity contribution in [3.05, 3.63) is 58.4 Å². The molecule has 1 saturated heterocycles. The average Bonchev–Trinajstić information content (AvgIpc) is 3.16. The summed E-state index contributed by atoms with van der Waals surface area (Å²) in [5.41, 5.74) is 0.714. The molecule has 0 aromatic heterocycles. The summed E-state index contributed by atoms with van der Waals surface area (Å²) >= 11 is 6.14. The molecule has 27 heavy (non-hydrogen) atoms. The van der Waals surface area contributed by atoms with Gasteiger partial charge in [0, 0.05) is 37.3 Å². The Balaban J connectivity index is 1.43. The molecule has 2 aliphatic rings. The first kappa shape index (κ1) is 17.6. The third-order valence-electron chi connectivity index (χ3n) is 4.60. The van der Waals surface area contributed by atoms with Crippen LogP contribution in [0.2, 0.25) is 5.02 Å². The van der Waals surface area contributed by atoms with Crippen LogP contribution in [0.4, 0.5) is 4.39 Å². The molecule has 1 fully saturated rings. The van der Waals surface area contributed by atoms with Crippen LogP contribution in [-0.2, 0) is 0 Å². The molecule has 0 bridgehead atoms. The van der Waals surface area contributed by atoms with Crippen molar-refractivity contribution in [2.45, 2.75) is 0 Å². The van der Waals surface area contributed by atoms with Gasteiger partial charge in [-0.2, -0.15) is 0 Å². The van der Waals surface area contributed by atoms with Crippen LogP contribution in [0.3, 0.4) is 0 Å². The van der Waals surface area contributed by atoms with Crippen molar-refractivity contribution in [2.24, 2.45) is 0 Å². The number of ether oxygens (including phenoxy) is 2. The van der Waals surface area contributed by atoms with Crippen LogP contribution in [0.1, 0.15) is 20.7 Å². The molecule has 0 aliphatic carbocycles. The first-order chi connectivity index (χ1) is 13.0. The van der Waals surface area contributed by atoms with E-state index in [4.69, 9.17) is 21.1 Å². The maximum atomic E-state index is 13.3. The largest absolute Gasteiger partial charge is 0.454 e. The molecule has 2 aliphatic heterocycles. The summed E-state index contributed by atoms with van der Waals surface area (Å²) < 4.78 is 23.9. The van der Waals surface area contributed by atoms with Crippen molar-refractivity contribution in [3.8, 4) is 11.5 Å². The molecule has 0 spiro atoms. The number of hydrogen-bond acceptors (Lipinski definition) is 4. The van der Waals surface area contributed by atoms with E-state index in [0.29, 0.717) is 53.8 Å². The highest BCUT2D eigenvalue weighted by molar-refractivity contribution is 6.32. The average molecular weight is 391 g/mol. The van der Waals surface area contributed by atoms with E-state index in [2.05, 4.69) is 0 Å². The highest BCUT2D eigenvalue weighted by Crippen LogP contribution is 2.40. The predicted octanol–water partition coefficient (Wildman–Crippen LogP) is 2.81. The molecule has 2 heterocycles. The van der Waals surface area contributed by atoms with E-state index < -0.39 is 5.82 Å². The number of benzene rings is 2. The van der Waals surface area contributed by atoms with Crippen molar-refractivity contribution >= 4 is 23.4 Å². The Morgan fingerprint density at radius 3 is 2.26 bits per heavy atom. The van der Waals surface area contributed by atoms with E-state index in [0.717, 1.165) is 0 Å². The summed E-state index contributed by atoms with van der Waals surface area (Å²) in [6.45, 7) is 1.59. The molecular formula is C19H16ClFN2O4. The SMILES string of the molecule is O=C(c1cccc(F)c1)N1CCN(C(=O)c2cc(Cl)c3c(c2)OCO3)CC1. The zero-order chi connectivity index (χ0) is 19.0. The zero-order valence-electron chi connectivity index (χ0n) is 14.3. The highest BCUT2D eigenvalue weighted by Gasteiger charge is 2.27. The summed E-state index contributed by atoms with van der Waals surface area (Å²) in [6, 6.07) is 8.77. The topological polar surface area (TPSA) is 59.1 Å². The van der Waals surface area contributed by atoms with Gasteiger partial charge in [0.05, 0.1) is 5.02 Å². The molecule has 0 radical (unpaired) electrons. The van der Waals surface area contributed by atoms with Crippen molar-refractivity contribution in [1.29, 1.82) is 0 Å². The molecule has 0 atom stereocenters. The zero-order valence-corrected chi connectivity index (χ0v) is 15.0. The molecule has 6 nitrogen and oxygen atoms in total. The number of halogens is 2. The Morgan fingerprint density at radius 1 is 0.926 bits per heavy atom. The van der Waals surface area contributed by atoms with Gasteiger partial charge in [-0.3, -0.25) is 9.59 Å². The van der Waals surface area contributed by atoms with Gasteiger partial charge in [0.2, 0.25) is 6.79 Å². The second-order valence-corrected chi connectivity index (χ2v) is 6.69.